The summed E-state index contributed by atoms with van der Waals surface area (Å²) in [5.41, 5.74) is 2.51. The predicted octanol–water partition coefficient (Wildman–Crippen LogP) is 2.46. The second-order valence-corrected chi connectivity index (χ2v) is 5.47. The van der Waals surface area contributed by atoms with Crippen LogP contribution in [0.1, 0.15) is 40.0 Å². The summed E-state index contributed by atoms with van der Waals surface area (Å²) >= 11 is 0. The second-order valence-electron chi connectivity index (χ2n) is 5.47. The van der Waals surface area contributed by atoms with Gasteiger partial charge < -0.3 is 14.3 Å². The maximum Gasteiger partial charge on any atom is 0.172 e. The standard InChI is InChI=1S/C13H20O3/c1-10-8-13(15-6-7-16-13)9-12(2,3)11(10)4-5-14/h5H,4,6-9H2,1-3H3. The Morgan fingerprint density at radius 2 is 1.94 bits per heavy atom. The molecule has 1 heterocycles. The first-order valence-corrected chi connectivity index (χ1v) is 5.90. The van der Waals surface area contributed by atoms with E-state index in [2.05, 4.69) is 20.8 Å². The summed E-state index contributed by atoms with van der Waals surface area (Å²) in [7, 11) is 0. The molecular weight excluding hydrogens is 204 g/mol. The van der Waals surface area contributed by atoms with E-state index >= 15 is 0 Å². The van der Waals surface area contributed by atoms with Gasteiger partial charge >= 0.3 is 0 Å². The SMILES string of the molecule is CC1=C(CC=O)C(C)(C)CC2(C1)OCCO2. The minimum atomic E-state index is -0.417. The highest BCUT2D eigenvalue weighted by atomic mass is 16.7. The number of allylic oxidation sites excluding steroid dienone is 1. The molecule has 0 bridgehead atoms. The largest absolute Gasteiger partial charge is 0.347 e. The molecule has 0 aromatic carbocycles. The summed E-state index contributed by atoms with van der Waals surface area (Å²) in [4.78, 5) is 10.7. The van der Waals surface area contributed by atoms with E-state index in [4.69, 9.17) is 9.47 Å². The third-order valence-electron chi connectivity index (χ3n) is 3.68. The van der Waals surface area contributed by atoms with Crippen LogP contribution in [0.5, 0.6) is 0 Å². The Morgan fingerprint density at radius 1 is 1.31 bits per heavy atom. The minimum Gasteiger partial charge on any atom is -0.347 e. The molecule has 0 atom stereocenters. The van der Waals surface area contributed by atoms with E-state index in [0.29, 0.717) is 19.6 Å². The average molecular weight is 224 g/mol. The molecule has 0 unspecified atom stereocenters. The van der Waals surface area contributed by atoms with Crippen LogP contribution in [0.3, 0.4) is 0 Å². The maximum atomic E-state index is 10.7. The van der Waals surface area contributed by atoms with Crippen molar-refractivity contribution in [3.8, 4) is 0 Å². The topological polar surface area (TPSA) is 35.5 Å². The molecule has 3 nitrogen and oxygen atoms in total. The first-order chi connectivity index (χ1) is 7.49. The molecule has 16 heavy (non-hydrogen) atoms. The zero-order chi connectivity index (χ0) is 11.8. The van der Waals surface area contributed by atoms with Gasteiger partial charge in [0.1, 0.15) is 6.29 Å². The Kier molecular flexibility index (Phi) is 2.93. The molecule has 1 spiro atoms. The van der Waals surface area contributed by atoms with Crippen molar-refractivity contribution in [3.05, 3.63) is 11.1 Å². The van der Waals surface area contributed by atoms with Crippen LogP contribution in [-0.2, 0) is 14.3 Å². The van der Waals surface area contributed by atoms with Crippen molar-refractivity contribution in [3.63, 3.8) is 0 Å². The number of carbonyl (C=O) groups excluding carboxylic acids is 1. The normalized spacial score (nSPS) is 27.4. The van der Waals surface area contributed by atoms with Crippen LogP contribution in [0.25, 0.3) is 0 Å². The molecule has 3 heteroatoms. The van der Waals surface area contributed by atoms with Crippen molar-refractivity contribution in [2.45, 2.75) is 45.8 Å². The highest BCUT2D eigenvalue weighted by molar-refractivity contribution is 5.56. The van der Waals surface area contributed by atoms with Crippen LogP contribution in [0.2, 0.25) is 0 Å². The molecule has 2 rings (SSSR count). The molecule has 0 N–H and O–H groups in total. The van der Waals surface area contributed by atoms with E-state index < -0.39 is 5.79 Å². The van der Waals surface area contributed by atoms with Gasteiger partial charge in [-0.1, -0.05) is 25.0 Å². The fraction of sp³-hybridized carbons (Fsp3) is 0.769. The number of hydrogen-bond donors (Lipinski definition) is 0. The van der Waals surface area contributed by atoms with E-state index in [1.807, 2.05) is 0 Å². The number of hydrogen-bond acceptors (Lipinski definition) is 3. The molecule has 1 fully saturated rings. The summed E-state index contributed by atoms with van der Waals surface area (Å²) in [6.45, 7) is 7.80. The Labute approximate surface area is 96.8 Å². The Morgan fingerprint density at radius 3 is 2.44 bits per heavy atom. The quantitative estimate of drug-likeness (QED) is 0.534. The molecule has 0 aromatic heterocycles. The van der Waals surface area contributed by atoms with Gasteiger partial charge in [0, 0.05) is 19.3 Å². The number of ether oxygens (including phenoxy) is 2. The maximum absolute atomic E-state index is 10.7. The smallest absolute Gasteiger partial charge is 0.172 e. The monoisotopic (exact) mass is 224 g/mol. The van der Waals surface area contributed by atoms with Gasteiger partial charge in [-0.2, -0.15) is 0 Å². The molecule has 1 aliphatic carbocycles. The molecule has 0 amide bonds. The van der Waals surface area contributed by atoms with Gasteiger partial charge in [0.05, 0.1) is 13.2 Å². The van der Waals surface area contributed by atoms with Crippen molar-refractivity contribution < 1.29 is 14.3 Å². The summed E-state index contributed by atoms with van der Waals surface area (Å²) < 4.78 is 11.5. The molecule has 90 valence electrons. The van der Waals surface area contributed by atoms with Gasteiger partial charge in [0.25, 0.3) is 0 Å². The predicted molar refractivity (Wildman–Crippen MR) is 61.0 cm³/mol. The third kappa shape index (κ3) is 1.94. The van der Waals surface area contributed by atoms with Crippen LogP contribution >= 0.6 is 0 Å². The molecule has 0 aromatic rings. The fourth-order valence-electron chi connectivity index (χ4n) is 3.17. The summed E-state index contributed by atoms with van der Waals surface area (Å²) in [5, 5.41) is 0. The number of rotatable bonds is 2. The summed E-state index contributed by atoms with van der Waals surface area (Å²) in [5.74, 6) is -0.417. The second kappa shape index (κ2) is 3.97. The van der Waals surface area contributed by atoms with Crippen molar-refractivity contribution in [1.29, 1.82) is 0 Å². The van der Waals surface area contributed by atoms with Crippen molar-refractivity contribution >= 4 is 6.29 Å². The lowest BCUT2D eigenvalue weighted by Crippen LogP contribution is -2.41. The minimum absolute atomic E-state index is 0.00637. The number of carbonyl (C=O) groups is 1. The van der Waals surface area contributed by atoms with Gasteiger partial charge in [-0.05, 0) is 12.3 Å². The van der Waals surface area contributed by atoms with E-state index in [0.717, 1.165) is 19.1 Å². The van der Waals surface area contributed by atoms with E-state index in [9.17, 15) is 4.79 Å². The van der Waals surface area contributed by atoms with Crippen LogP contribution < -0.4 is 0 Å². The highest BCUT2D eigenvalue weighted by Crippen LogP contribution is 2.49. The molecule has 1 aliphatic heterocycles. The van der Waals surface area contributed by atoms with Crippen molar-refractivity contribution in [1.82, 2.24) is 0 Å². The lowest BCUT2D eigenvalue weighted by atomic mass is 9.69. The fourth-order valence-corrected chi connectivity index (χ4v) is 3.17. The Hall–Kier alpha value is -0.670. The van der Waals surface area contributed by atoms with Gasteiger partial charge in [-0.25, -0.2) is 0 Å². The number of aldehydes is 1. The third-order valence-corrected chi connectivity index (χ3v) is 3.68. The molecule has 0 radical (unpaired) electrons. The van der Waals surface area contributed by atoms with Gasteiger partial charge in [0.15, 0.2) is 5.79 Å². The van der Waals surface area contributed by atoms with Gasteiger partial charge in [-0.15, -0.1) is 0 Å². The zero-order valence-electron chi connectivity index (χ0n) is 10.3. The van der Waals surface area contributed by atoms with Crippen LogP contribution in [-0.4, -0.2) is 25.3 Å². The molecule has 0 saturated carbocycles. The van der Waals surface area contributed by atoms with E-state index in [-0.39, 0.29) is 5.41 Å². The molecule has 2 aliphatic rings. The Balaban J connectivity index is 2.30. The first kappa shape index (κ1) is 11.8. The van der Waals surface area contributed by atoms with Gasteiger partial charge in [0.2, 0.25) is 0 Å². The van der Waals surface area contributed by atoms with Crippen molar-refractivity contribution in [2.75, 3.05) is 13.2 Å². The van der Waals surface area contributed by atoms with E-state index in [1.54, 1.807) is 0 Å². The lowest BCUT2D eigenvalue weighted by Gasteiger charge is -2.43. The Bertz CT molecular complexity index is 322. The lowest BCUT2D eigenvalue weighted by molar-refractivity contribution is -0.179. The molecule has 1 saturated heterocycles. The van der Waals surface area contributed by atoms with Crippen LogP contribution in [0.4, 0.5) is 0 Å². The summed E-state index contributed by atoms with van der Waals surface area (Å²) in [6, 6.07) is 0. The zero-order valence-corrected chi connectivity index (χ0v) is 10.3. The molecular formula is C13H20O3. The summed E-state index contributed by atoms with van der Waals surface area (Å²) in [6.07, 6.45) is 3.18. The first-order valence-electron chi connectivity index (χ1n) is 5.90. The van der Waals surface area contributed by atoms with E-state index in [1.165, 1.54) is 11.1 Å². The van der Waals surface area contributed by atoms with Gasteiger partial charge in [-0.3, -0.25) is 0 Å². The van der Waals surface area contributed by atoms with Crippen LogP contribution in [0.15, 0.2) is 11.1 Å². The van der Waals surface area contributed by atoms with Crippen molar-refractivity contribution in [2.24, 2.45) is 5.41 Å². The van der Waals surface area contributed by atoms with Crippen LogP contribution in [0, 0.1) is 5.41 Å². The average Bonchev–Trinajstić information content (AvgIpc) is 2.59. The highest BCUT2D eigenvalue weighted by Gasteiger charge is 2.46.